The summed E-state index contributed by atoms with van der Waals surface area (Å²) in [5, 5.41) is 0.856. The predicted octanol–water partition coefficient (Wildman–Crippen LogP) is 7.91. The number of carbonyl (C=O) groups is 1. The fraction of sp³-hybridized carbons (Fsp3) is 0.250. The fourth-order valence-electron chi connectivity index (χ4n) is 4.71. The Morgan fingerprint density at radius 3 is 2.14 bits per heavy atom. The number of benzene rings is 3. The van der Waals surface area contributed by atoms with Gasteiger partial charge in [-0.2, -0.15) is 0 Å². The largest absolute Gasteiger partial charge is 0.462 e. The second-order valence-corrected chi connectivity index (χ2v) is 10.5. The van der Waals surface area contributed by atoms with Gasteiger partial charge in [0, 0.05) is 10.9 Å². The first-order chi connectivity index (χ1) is 17.2. The zero-order valence-electron chi connectivity index (χ0n) is 21.8. The van der Waals surface area contributed by atoms with Gasteiger partial charge in [-0.3, -0.25) is 4.40 Å². The Hall–Kier alpha value is -3.92. The Labute approximate surface area is 212 Å². The maximum Gasteiger partial charge on any atom is 0.342 e. The van der Waals surface area contributed by atoms with Crippen molar-refractivity contribution in [2.75, 3.05) is 6.61 Å². The zero-order chi connectivity index (χ0) is 25.6. The molecule has 4 heteroatoms. The van der Waals surface area contributed by atoms with Crippen LogP contribution in [0.15, 0.2) is 72.8 Å². The van der Waals surface area contributed by atoms with Crippen molar-refractivity contribution in [1.29, 1.82) is 0 Å². The maximum absolute atomic E-state index is 13.3. The summed E-state index contributed by atoms with van der Waals surface area (Å²) in [5.41, 5.74) is 9.55. The Bertz CT molecular complexity index is 1580. The fourth-order valence-corrected chi connectivity index (χ4v) is 4.71. The van der Waals surface area contributed by atoms with Crippen LogP contribution >= 0.6 is 0 Å². The van der Waals surface area contributed by atoms with Crippen LogP contribution in [-0.4, -0.2) is 22.0 Å². The highest BCUT2D eigenvalue weighted by molar-refractivity contribution is 6.12. The normalized spacial score (nSPS) is 11.8. The number of fused-ring (bicyclic) bond motifs is 3. The van der Waals surface area contributed by atoms with E-state index in [1.165, 1.54) is 11.1 Å². The van der Waals surface area contributed by atoms with Gasteiger partial charge in [0.25, 0.3) is 0 Å². The van der Waals surface area contributed by atoms with Crippen LogP contribution in [0.25, 0.3) is 39.1 Å². The van der Waals surface area contributed by atoms with E-state index < -0.39 is 0 Å². The van der Waals surface area contributed by atoms with Crippen molar-refractivity contribution >= 4 is 22.5 Å². The molecule has 0 N–H and O–H groups in total. The smallest absolute Gasteiger partial charge is 0.342 e. The molecular formula is C32H32N2O2. The van der Waals surface area contributed by atoms with Crippen LogP contribution in [0, 0.1) is 13.8 Å². The molecule has 182 valence electrons. The van der Waals surface area contributed by atoms with Crippen molar-refractivity contribution in [1.82, 2.24) is 9.38 Å². The maximum atomic E-state index is 13.3. The van der Waals surface area contributed by atoms with E-state index in [1.807, 2.05) is 19.9 Å². The lowest BCUT2D eigenvalue weighted by atomic mass is 9.86. The van der Waals surface area contributed by atoms with Gasteiger partial charge in [-0.25, -0.2) is 9.78 Å². The molecule has 0 aliphatic heterocycles. The first-order valence-electron chi connectivity index (χ1n) is 12.5. The van der Waals surface area contributed by atoms with Gasteiger partial charge in [-0.15, -0.1) is 0 Å². The molecule has 0 saturated heterocycles. The van der Waals surface area contributed by atoms with Gasteiger partial charge in [-0.05, 0) is 55.5 Å². The monoisotopic (exact) mass is 476 g/mol. The zero-order valence-corrected chi connectivity index (χ0v) is 21.8. The number of aromatic nitrogens is 2. The molecule has 0 fully saturated rings. The van der Waals surface area contributed by atoms with Crippen LogP contribution in [0.3, 0.4) is 0 Å². The van der Waals surface area contributed by atoms with Crippen LogP contribution in [0.2, 0.25) is 0 Å². The van der Waals surface area contributed by atoms with Gasteiger partial charge in [0.05, 0.1) is 23.5 Å². The summed E-state index contributed by atoms with van der Waals surface area (Å²) in [7, 11) is 0. The lowest BCUT2D eigenvalue weighted by molar-refractivity contribution is 0.0530. The molecule has 5 aromatic rings. The number of esters is 1. The highest BCUT2D eigenvalue weighted by atomic mass is 16.5. The molecule has 2 heterocycles. The Kier molecular flexibility index (Phi) is 5.91. The van der Waals surface area contributed by atoms with E-state index in [1.54, 1.807) is 0 Å². The third-order valence-corrected chi connectivity index (χ3v) is 6.71. The minimum Gasteiger partial charge on any atom is -0.462 e. The third-order valence-electron chi connectivity index (χ3n) is 6.71. The molecule has 0 unspecified atom stereocenters. The highest BCUT2D eigenvalue weighted by Gasteiger charge is 2.24. The highest BCUT2D eigenvalue weighted by Crippen LogP contribution is 2.35. The van der Waals surface area contributed by atoms with Gasteiger partial charge in [0.2, 0.25) is 0 Å². The van der Waals surface area contributed by atoms with E-state index in [0.29, 0.717) is 17.8 Å². The molecule has 0 radical (unpaired) electrons. The van der Waals surface area contributed by atoms with Crippen LogP contribution in [-0.2, 0) is 10.2 Å². The topological polar surface area (TPSA) is 43.6 Å². The number of ether oxygens (including phenoxy) is 1. The van der Waals surface area contributed by atoms with Gasteiger partial charge in [-0.1, -0.05) is 86.5 Å². The van der Waals surface area contributed by atoms with Crippen LogP contribution in [0.5, 0.6) is 0 Å². The van der Waals surface area contributed by atoms with Crippen molar-refractivity contribution in [3.63, 3.8) is 0 Å². The first kappa shape index (κ1) is 23.8. The molecule has 0 aliphatic rings. The Morgan fingerprint density at radius 2 is 1.50 bits per heavy atom. The molecule has 0 bridgehead atoms. The first-order valence-corrected chi connectivity index (χ1v) is 12.5. The SMILES string of the molecule is CCOC(=O)c1c2cc(C)ccc2n2c(-c3ccc(C(C)(C)C)cc3)cc(-c3ccc(C)cc3)nc12. The van der Waals surface area contributed by atoms with Gasteiger partial charge in [0.15, 0.2) is 5.65 Å². The predicted molar refractivity (Wildman–Crippen MR) is 148 cm³/mol. The van der Waals surface area contributed by atoms with Crippen LogP contribution in [0.4, 0.5) is 0 Å². The quantitative estimate of drug-likeness (QED) is 0.248. The number of hydrogen-bond donors (Lipinski definition) is 0. The van der Waals surface area contributed by atoms with Gasteiger partial charge < -0.3 is 4.74 Å². The number of rotatable bonds is 4. The third kappa shape index (κ3) is 4.17. The number of carbonyl (C=O) groups excluding carboxylic acids is 1. The lowest BCUT2D eigenvalue weighted by Crippen LogP contribution is -2.10. The average Bonchev–Trinajstić information content (AvgIpc) is 3.17. The molecule has 0 amide bonds. The lowest BCUT2D eigenvalue weighted by Gasteiger charge is -2.19. The summed E-state index contributed by atoms with van der Waals surface area (Å²) >= 11 is 0. The van der Waals surface area contributed by atoms with E-state index in [2.05, 4.69) is 98.8 Å². The van der Waals surface area contributed by atoms with E-state index in [0.717, 1.165) is 39.0 Å². The summed E-state index contributed by atoms with van der Waals surface area (Å²) in [6.07, 6.45) is 0. The molecule has 3 aromatic carbocycles. The standard InChI is InChI=1S/C32H32N2O2/c1-7-36-31(35)29-25-18-21(3)10-17-27(25)34-28(23-13-15-24(16-14-23)32(4,5)6)19-26(33-30(29)34)22-11-8-20(2)9-12-22/h8-19H,7H2,1-6H3. The minimum absolute atomic E-state index is 0.0634. The molecule has 0 saturated carbocycles. The summed E-state index contributed by atoms with van der Waals surface area (Å²) in [6, 6.07) is 25.4. The second-order valence-electron chi connectivity index (χ2n) is 10.5. The number of nitrogens with zero attached hydrogens (tertiary/aromatic N) is 2. The van der Waals surface area contributed by atoms with Crippen molar-refractivity contribution in [3.05, 3.63) is 95.1 Å². The van der Waals surface area contributed by atoms with Crippen molar-refractivity contribution in [2.45, 2.75) is 47.0 Å². The number of hydrogen-bond acceptors (Lipinski definition) is 3. The average molecular weight is 477 g/mol. The second kappa shape index (κ2) is 8.94. The molecule has 2 aromatic heterocycles. The summed E-state index contributed by atoms with van der Waals surface area (Å²) in [5.74, 6) is -0.349. The molecule has 0 spiro atoms. The molecule has 0 atom stereocenters. The summed E-state index contributed by atoms with van der Waals surface area (Å²) in [6.45, 7) is 12.9. The Morgan fingerprint density at radius 1 is 0.861 bits per heavy atom. The summed E-state index contributed by atoms with van der Waals surface area (Å²) in [4.78, 5) is 18.3. The molecule has 36 heavy (non-hydrogen) atoms. The van der Waals surface area contributed by atoms with E-state index in [9.17, 15) is 4.79 Å². The number of aryl methyl sites for hydroxylation is 2. The van der Waals surface area contributed by atoms with Gasteiger partial charge in [0.1, 0.15) is 5.56 Å². The summed E-state index contributed by atoms with van der Waals surface area (Å²) < 4.78 is 7.61. The van der Waals surface area contributed by atoms with Crippen LogP contribution in [0.1, 0.15) is 54.7 Å². The molecule has 0 aliphatic carbocycles. The van der Waals surface area contributed by atoms with E-state index in [4.69, 9.17) is 9.72 Å². The molecule has 4 nitrogen and oxygen atoms in total. The van der Waals surface area contributed by atoms with Crippen molar-refractivity contribution in [3.8, 4) is 22.5 Å². The van der Waals surface area contributed by atoms with E-state index >= 15 is 0 Å². The van der Waals surface area contributed by atoms with E-state index in [-0.39, 0.29) is 11.4 Å². The Balaban J connectivity index is 1.88. The van der Waals surface area contributed by atoms with Gasteiger partial charge >= 0.3 is 5.97 Å². The van der Waals surface area contributed by atoms with Crippen molar-refractivity contribution in [2.24, 2.45) is 0 Å². The van der Waals surface area contributed by atoms with Crippen LogP contribution < -0.4 is 0 Å². The van der Waals surface area contributed by atoms with Crippen molar-refractivity contribution < 1.29 is 9.53 Å². The molecule has 5 rings (SSSR count). The molecular weight excluding hydrogens is 444 g/mol. The minimum atomic E-state index is -0.349.